The summed E-state index contributed by atoms with van der Waals surface area (Å²) in [4.78, 5) is 5.05. The summed E-state index contributed by atoms with van der Waals surface area (Å²) >= 11 is 0. The van der Waals surface area contributed by atoms with E-state index in [-0.39, 0.29) is 0 Å². The van der Waals surface area contributed by atoms with Gasteiger partial charge in [0.2, 0.25) is 5.65 Å². The van der Waals surface area contributed by atoms with E-state index in [0.717, 1.165) is 4.85 Å². The molecule has 0 N–H and O–H groups in total. The summed E-state index contributed by atoms with van der Waals surface area (Å²) in [6, 6.07) is 20.6. The van der Waals surface area contributed by atoms with Crippen LogP contribution in [0.5, 0.6) is 11.5 Å². The molecule has 0 saturated carbocycles. The highest BCUT2D eigenvalue weighted by Gasteiger charge is 2.35. The van der Waals surface area contributed by atoms with Crippen molar-refractivity contribution in [2.45, 2.75) is 0 Å². The Morgan fingerprint density at radius 3 is 2.04 bits per heavy atom. The number of phosphoric acid groups is 1. The van der Waals surface area contributed by atoms with Crippen molar-refractivity contribution in [3.05, 3.63) is 79.0 Å². The van der Waals surface area contributed by atoms with E-state index in [9.17, 15) is 4.57 Å². The first-order valence-electron chi connectivity index (χ1n) is 7.68. The first-order valence-corrected chi connectivity index (χ1v) is 9.14. The minimum Gasteiger partial charge on any atom is -0.385 e. The third-order valence-corrected chi connectivity index (χ3v) is 4.50. The molecule has 0 aliphatic rings. The van der Waals surface area contributed by atoms with Gasteiger partial charge in [0.05, 0.1) is 0 Å². The Kier molecular flexibility index (Phi) is 4.25. The van der Waals surface area contributed by atoms with Crippen molar-refractivity contribution in [1.82, 2.24) is 20.1 Å². The van der Waals surface area contributed by atoms with Gasteiger partial charge in [0.1, 0.15) is 17.0 Å². The molecule has 4 rings (SSSR count). The van der Waals surface area contributed by atoms with Gasteiger partial charge in [-0.15, -0.1) is 5.10 Å². The third-order valence-electron chi connectivity index (χ3n) is 3.28. The highest BCUT2D eigenvalue weighted by atomic mass is 31.2. The number of aromatic nitrogens is 4. The second-order valence-corrected chi connectivity index (χ2v) is 6.57. The lowest BCUT2D eigenvalue weighted by Gasteiger charge is -2.18. The molecule has 8 nitrogen and oxygen atoms in total. The van der Waals surface area contributed by atoms with Crippen molar-refractivity contribution in [3.8, 4) is 11.5 Å². The Morgan fingerprint density at radius 2 is 1.42 bits per heavy atom. The zero-order valence-corrected chi connectivity index (χ0v) is 14.3. The van der Waals surface area contributed by atoms with Crippen LogP contribution in [-0.4, -0.2) is 20.1 Å². The van der Waals surface area contributed by atoms with E-state index < -0.39 is 7.82 Å². The second-order valence-electron chi connectivity index (χ2n) is 5.15. The molecule has 0 unspecified atom stereocenters. The van der Waals surface area contributed by atoms with Crippen LogP contribution in [0.3, 0.4) is 0 Å². The summed E-state index contributed by atoms with van der Waals surface area (Å²) < 4.78 is 29.8. The number of para-hydroxylation sites is 2. The average molecular weight is 368 g/mol. The molecule has 0 bridgehead atoms. The van der Waals surface area contributed by atoms with Crippen LogP contribution in [0.15, 0.2) is 79.0 Å². The SMILES string of the molecule is O=P(Oc1ccccc1)(Oc1ccccc1)On1nnc2cccnc21. The van der Waals surface area contributed by atoms with Gasteiger partial charge in [-0.1, -0.05) is 36.4 Å². The molecule has 26 heavy (non-hydrogen) atoms. The standard InChI is InChI=1S/C17H13N4O4P/c22-26(23-14-8-3-1-4-9-14,24-15-10-5-2-6-11-15)25-21-17-16(19-20-21)12-7-13-18-17/h1-13H. The van der Waals surface area contributed by atoms with Gasteiger partial charge >= 0.3 is 7.82 Å². The number of phosphoric ester groups is 1. The summed E-state index contributed by atoms with van der Waals surface area (Å²) in [6.45, 7) is 0. The quantitative estimate of drug-likeness (QED) is 0.481. The predicted molar refractivity (Wildman–Crippen MR) is 93.6 cm³/mol. The second kappa shape index (κ2) is 6.85. The molecule has 0 amide bonds. The van der Waals surface area contributed by atoms with Gasteiger partial charge in [-0.2, -0.15) is 4.57 Å². The number of pyridine rings is 1. The topological polar surface area (TPSA) is 88.4 Å². The van der Waals surface area contributed by atoms with Crippen LogP contribution in [0.1, 0.15) is 0 Å². The van der Waals surface area contributed by atoms with Gasteiger partial charge in [-0.3, -0.25) is 4.62 Å². The molecule has 0 spiro atoms. The van der Waals surface area contributed by atoms with Gasteiger partial charge in [0, 0.05) is 6.20 Å². The van der Waals surface area contributed by atoms with Crippen LogP contribution >= 0.6 is 7.82 Å². The number of rotatable bonds is 6. The Balaban J connectivity index is 1.68. The maximum absolute atomic E-state index is 13.3. The van der Waals surface area contributed by atoms with E-state index in [1.165, 1.54) is 0 Å². The van der Waals surface area contributed by atoms with E-state index in [4.69, 9.17) is 13.7 Å². The summed E-state index contributed by atoms with van der Waals surface area (Å²) in [6.07, 6.45) is 1.55. The van der Waals surface area contributed by atoms with Crippen molar-refractivity contribution in [1.29, 1.82) is 0 Å². The zero-order valence-electron chi connectivity index (χ0n) is 13.4. The summed E-state index contributed by atoms with van der Waals surface area (Å²) in [5.41, 5.74) is 0.777. The fraction of sp³-hybridized carbons (Fsp3) is 0. The van der Waals surface area contributed by atoms with E-state index in [0.29, 0.717) is 22.7 Å². The van der Waals surface area contributed by atoms with E-state index >= 15 is 0 Å². The molecule has 130 valence electrons. The molecule has 0 fully saturated rings. The number of nitrogens with zero attached hydrogens (tertiary/aromatic N) is 4. The van der Waals surface area contributed by atoms with Gasteiger partial charge < -0.3 is 9.05 Å². The Labute approximate surface area is 148 Å². The van der Waals surface area contributed by atoms with Crippen molar-refractivity contribution < 1.29 is 18.2 Å². The lowest BCUT2D eigenvalue weighted by molar-refractivity contribution is 0.167. The zero-order chi connectivity index (χ0) is 17.8. The molecular formula is C17H13N4O4P. The minimum atomic E-state index is -4.14. The predicted octanol–water partition coefficient (Wildman–Crippen LogP) is 3.52. The number of hydrogen-bond acceptors (Lipinski definition) is 7. The van der Waals surface area contributed by atoms with E-state index in [2.05, 4.69) is 15.3 Å². The number of fused-ring (bicyclic) bond motifs is 1. The molecule has 0 radical (unpaired) electrons. The summed E-state index contributed by atoms with van der Waals surface area (Å²) in [7, 11) is -4.14. The average Bonchev–Trinajstić information content (AvgIpc) is 3.06. The van der Waals surface area contributed by atoms with E-state index in [1.807, 2.05) is 12.1 Å². The molecule has 2 heterocycles. The first kappa shape index (κ1) is 16.1. The Morgan fingerprint density at radius 1 is 0.808 bits per heavy atom. The molecule has 4 aromatic rings. The third kappa shape index (κ3) is 3.50. The van der Waals surface area contributed by atoms with Gasteiger partial charge in [-0.05, 0) is 46.5 Å². The van der Waals surface area contributed by atoms with Crippen molar-refractivity contribution >= 4 is 19.0 Å². The molecule has 0 aliphatic heterocycles. The Hall–Kier alpha value is -3.38. The minimum absolute atomic E-state index is 0.293. The molecule has 9 heteroatoms. The lowest BCUT2D eigenvalue weighted by Crippen LogP contribution is -2.18. The van der Waals surface area contributed by atoms with Crippen LogP contribution in [-0.2, 0) is 4.57 Å². The van der Waals surface area contributed by atoms with Gasteiger partial charge in [0.25, 0.3) is 0 Å². The maximum Gasteiger partial charge on any atom is 0.668 e. The summed E-state index contributed by atoms with van der Waals surface area (Å²) in [5, 5.41) is 7.72. The molecule has 0 atom stereocenters. The Bertz CT molecular complexity index is 1010. The molecule has 2 aromatic heterocycles. The molecular weight excluding hydrogens is 355 g/mol. The number of hydrogen-bond donors (Lipinski definition) is 0. The van der Waals surface area contributed by atoms with Crippen molar-refractivity contribution in [2.75, 3.05) is 0 Å². The van der Waals surface area contributed by atoms with Crippen LogP contribution < -0.4 is 13.7 Å². The van der Waals surface area contributed by atoms with Gasteiger partial charge in [-0.25, -0.2) is 4.98 Å². The lowest BCUT2D eigenvalue weighted by atomic mass is 10.3. The smallest absolute Gasteiger partial charge is 0.385 e. The maximum atomic E-state index is 13.3. The van der Waals surface area contributed by atoms with Crippen LogP contribution in [0, 0.1) is 0 Å². The highest BCUT2D eigenvalue weighted by molar-refractivity contribution is 7.49. The molecule has 0 aliphatic carbocycles. The fourth-order valence-electron chi connectivity index (χ4n) is 2.17. The first-order chi connectivity index (χ1) is 12.7. The van der Waals surface area contributed by atoms with Crippen LogP contribution in [0.25, 0.3) is 11.2 Å². The largest absolute Gasteiger partial charge is 0.668 e. The monoisotopic (exact) mass is 368 g/mol. The fourth-order valence-corrected chi connectivity index (χ4v) is 3.33. The van der Waals surface area contributed by atoms with Crippen LogP contribution in [0.2, 0.25) is 0 Å². The van der Waals surface area contributed by atoms with E-state index in [1.54, 1.807) is 66.9 Å². The van der Waals surface area contributed by atoms with Crippen molar-refractivity contribution in [3.63, 3.8) is 0 Å². The van der Waals surface area contributed by atoms with Gasteiger partial charge in [0.15, 0.2) is 0 Å². The highest BCUT2D eigenvalue weighted by Crippen LogP contribution is 2.46. The number of benzene rings is 2. The van der Waals surface area contributed by atoms with Crippen LogP contribution in [0.4, 0.5) is 0 Å². The molecule has 2 aromatic carbocycles. The normalized spacial score (nSPS) is 11.2. The molecule has 0 saturated heterocycles. The summed E-state index contributed by atoms with van der Waals surface area (Å²) in [5.74, 6) is 0.647. The van der Waals surface area contributed by atoms with Crippen molar-refractivity contribution in [2.24, 2.45) is 0 Å².